The van der Waals surface area contributed by atoms with Gasteiger partial charge in [-0.15, -0.1) is 0 Å². The van der Waals surface area contributed by atoms with Crippen molar-refractivity contribution < 1.29 is 13.5 Å². The van der Waals surface area contributed by atoms with E-state index >= 15 is 0 Å². The zero-order valence-corrected chi connectivity index (χ0v) is 21.9. The van der Waals surface area contributed by atoms with Crippen molar-refractivity contribution in [2.24, 2.45) is 0 Å². The van der Waals surface area contributed by atoms with Crippen LogP contribution in [0, 0.1) is 11.6 Å². The summed E-state index contributed by atoms with van der Waals surface area (Å²) in [6, 6.07) is 11.7. The number of fused-ring (bicyclic) bond motifs is 1. The quantitative estimate of drug-likeness (QED) is 0.228. The van der Waals surface area contributed by atoms with E-state index in [1.165, 1.54) is 37.5 Å². The predicted molar refractivity (Wildman–Crippen MR) is 155 cm³/mol. The molecule has 3 heterocycles. The third-order valence-electron chi connectivity index (χ3n) is 7.54. The highest BCUT2D eigenvalue weighted by atomic mass is 19.1. The van der Waals surface area contributed by atoms with E-state index in [0.717, 1.165) is 56.8 Å². The third kappa shape index (κ3) is 6.17. The summed E-state index contributed by atoms with van der Waals surface area (Å²) in [5.74, 6) is 0.206. The van der Waals surface area contributed by atoms with Gasteiger partial charge in [0.05, 0.1) is 6.20 Å². The summed E-state index contributed by atoms with van der Waals surface area (Å²) in [5, 5.41) is 6.17. The number of piperidine rings is 1. The lowest BCUT2D eigenvalue weighted by molar-refractivity contribution is 0.183. The first-order valence-electron chi connectivity index (χ1n) is 13.8. The van der Waals surface area contributed by atoms with E-state index in [0.29, 0.717) is 29.7 Å². The number of hydrogen-bond donors (Lipinski definition) is 2. The smallest absolute Gasteiger partial charge is 0.229 e. The molecule has 2 aromatic carbocycles. The van der Waals surface area contributed by atoms with Crippen LogP contribution in [0.4, 0.5) is 32.1 Å². The number of anilines is 4. The van der Waals surface area contributed by atoms with E-state index in [1.54, 1.807) is 6.20 Å². The molecule has 1 aliphatic carbocycles. The number of rotatable bonds is 9. The number of benzene rings is 2. The van der Waals surface area contributed by atoms with Crippen LogP contribution in [-0.2, 0) is 0 Å². The van der Waals surface area contributed by atoms with Gasteiger partial charge in [0.2, 0.25) is 11.9 Å². The Morgan fingerprint density at radius 1 is 0.900 bits per heavy atom. The molecule has 0 bridgehead atoms. The highest BCUT2D eigenvalue weighted by molar-refractivity contribution is 5.77. The highest BCUT2D eigenvalue weighted by Crippen LogP contribution is 2.36. The van der Waals surface area contributed by atoms with E-state index < -0.39 is 11.6 Å². The van der Waals surface area contributed by atoms with Gasteiger partial charge in [-0.2, -0.15) is 4.98 Å². The molecule has 0 spiro atoms. The van der Waals surface area contributed by atoms with Crippen molar-refractivity contribution in [1.29, 1.82) is 0 Å². The average Bonchev–Trinajstić information content (AvgIpc) is 3.59. The van der Waals surface area contributed by atoms with E-state index in [-0.39, 0.29) is 19.2 Å². The van der Waals surface area contributed by atoms with Crippen molar-refractivity contribution in [2.45, 2.75) is 58.4 Å². The minimum atomic E-state index is -0.675. The topological polar surface area (TPSA) is 80.1 Å². The molecule has 212 valence electrons. The largest absolute Gasteiger partial charge is 0.492 e. The van der Waals surface area contributed by atoms with Crippen LogP contribution in [0.2, 0.25) is 0 Å². The molecule has 40 heavy (non-hydrogen) atoms. The number of halogens is 2. The molecule has 0 amide bonds. The summed E-state index contributed by atoms with van der Waals surface area (Å²) in [5.41, 5.74) is 1.76. The Bertz CT molecular complexity index is 1410. The lowest BCUT2D eigenvalue weighted by atomic mass is 10.1. The number of likely N-dealkylation sites (tertiary alicyclic amines) is 1. The molecule has 0 atom stereocenters. The summed E-state index contributed by atoms with van der Waals surface area (Å²) >= 11 is 0. The first kappa shape index (κ1) is 27.8. The van der Waals surface area contributed by atoms with Crippen molar-refractivity contribution in [1.82, 2.24) is 24.4 Å². The number of hydrogen-bond acceptors (Lipinski definition) is 7. The standard InChI is InChI=1S/C29H33F2N7O.CH4/c30-23-12-7-13-24(31)26(23)35-29-34-25-19-32-28(36-27(25)38(29)21-9-2-3-10-21)33-20-8-6-11-22(18-20)39-17-16-37-14-4-1-5-15-37;/h6-8,11-13,18-19,21H,1-5,9-10,14-17H2,(H,34,35)(H,32,33,36);1H4. The van der Waals surface area contributed by atoms with Crippen molar-refractivity contribution in [3.8, 4) is 5.75 Å². The van der Waals surface area contributed by atoms with Crippen molar-refractivity contribution in [3.05, 3.63) is 60.3 Å². The summed E-state index contributed by atoms with van der Waals surface area (Å²) in [4.78, 5) is 16.3. The lowest BCUT2D eigenvalue weighted by Crippen LogP contribution is -2.33. The maximum Gasteiger partial charge on any atom is 0.229 e. The molecule has 0 radical (unpaired) electrons. The minimum absolute atomic E-state index is 0. The summed E-state index contributed by atoms with van der Waals surface area (Å²) in [7, 11) is 0. The van der Waals surface area contributed by atoms with Gasteiger partial charge in [0.15, 0.2) is 5.65 Å². The van der Waals surface area contributed by atoms with Crippen LogP contribution >= 0.6 is 0 Å². The van der Waals surface area contributed by atoms with Gasteiger partial charge >= 0.3 is 0 Å². The van der Waals surface area contributed by atoms with E-state index in [4.69, 9.17) is 9.72 Å². The number of nitrogens with one attached hydrogen (secondary N) is 2. The molecule has 1 saturated carbocycles. The van der Waals surface area contributed by atoms with E-state index in [2.05, 4.69) is 25.5 Å². The fourth-order valence-electron chi connectivity index (χ4n) is 5.55. The van der Waals surface area contributed by atoms with Gasteiger partial charge in [0.25, 0.3) is 0 Å². The zero-order valence-electron chi connectivity index (χ0n) is 21.9. The Kier molecular flexibility index (Phi) is 8.74. The van der Waals surface area contributed by atoms with E-state index in [1.807, 2.05) is 28.8 Å². The van der Waals surface area contributed by atoms with E-state index in [9.17, 15) is 8.78 Å². The fourth-order valence-corrected chi connectivity index (χ4v) is 5.55. The fraction of sp³-hybridized carbons (Fsp3) is 0.433. The van der Waals surface area contributed by atoms with Crippen molar-refractivity contribution in [3.63, 3.8) is 0 Å². The van der Waals surface area contributed by atoms with Gasteiger partial charge in [-0.3, -0.25) is 9.47 Å². The number of para-hydroxylation sites is 1. The molecule has 10 heteroatoms. The molecule has 8 nitrogen and oxygen atoms in total. The number of ether oxygens (including phenoxy) is 1. The third-order valence-corrected chi connectivity index (χ3v) is 7.54. The van der Waals surface area contributed by atoms with Gasteiger partial charge < -0.3 is 15.4 Å². The van der Waals surface area contributed by atoms with Crippen LogP contribution in [0.3, 0.4) is 0 Å². The maximum absolute atomic E-state index is 14.4. The number of imidazole rings is 1. The van der Waals surface area contributed by atoms with Crippen LogP contribution in [0.1, 0.15) is 58.4 Å². The monoisotopic (exact) mass is 549 g/mol. The molecule has 1 saturated heterocycles. The summed E-state index contributed by atoms with van der Waals surface area (Å²) < 4.78 is 36.8. The Labute approximate surface area is 233 Å². The molecule has 2 aromatic heterocycles. The Balaban J connectivity index is 0.00000323. The molecule has 2 fully saturated rings. The molecule has 2 aliphatic rings. The second-order valence-corrected chi connectivity index (χ2v) is 10.3. The first-order valence-corrected chi connectivity index (χ1v) is 13.8. The van der Waals surface area contributed by atoms with Crippen LogP contribution in [0.5, 0.6) is 5.75 Å². The molecular weight excluding hydrogens is 512 g/mol. The van der Waals surface area contributed by atoms with Crippen LogP contribution in [-0.4, -0.2) is 50.7 Å². The zero-order chi connectivity index (χ0) is 26.6. The average molecular weight is 550 g/mol. The molecule has 6 rings (SSSR count). The predicted octanol–water partition coefficient (Wildman–Crippen LogP) is 7.21. The van der Waals surface area contributed by atoms with Crippen molar-refractivity contribution >= 4 is 34.4 Å². The molecule has 0 unspecified atom stereocenters. The molecule has 2 N–H and O–H groups in total. The second-order valence-electron chi connectivity index (χ2n) is 10.3. The van der Waals surface area contributed by atoms with Gasteiger partial charge in [0.1, 0.15) is 35.2 Å². The molecular formula is C30H37F2N7O. The maximum atomic E-state index is 14.4. The van der Waals surface area contributed by atoms with Crippen LogP contribution in [0.25, 0.3) is 11.2 Å². The van der Waals surface area contributed by atoms with Crippen molar-refractivity contribution in [2.75, 3.05) is 36.9 Å². The summed E-state index contributed by atoms with van der Waals surface area (Å²) in [6.07, 6.45) is 9.55. The number of aromatic nitrogens is 4. The SMILES string of the molecule is C.Fc1cccc(F)c1Nc1nc2cnc(Nc3cccc(OCCN4CCCCC4)c3)nc2n1C1CCCC1. The second kappa shape index (κ2) is 12.6. The first-order chi connectivity index (χ1) is 19.1. The normalized spacial score (nSPS) is 16.1. The Hall–Kier alpha value is -3.79. The van der Waals surface area contributed by atoms with Gasteiger partial charge in [-0.25, -0.2) is 18.7 Å². The van der Waals surface area contributed by atoms with Crippen LogP contribution < -0.4 is 15.4 Å². The van der Waals surface area contributed by atoms with Gasteiger partial charge in [-0.05, 0) is 63.0 Å². The summed E-state index contributed by atoms with van der Waals surface area (Å²) in [6.45, 7) is 3.87. The van der Waals surface area contributed by atoms with Gasteiger partial charge in [-0.1, -0.05) is 38.8 Å². The lowest BCUT2D eigenvalue weighted by Gasteiger charge is -2.26. The Morgan fingerprint density at radius 3 is 2.42 bits per heavy atom. The minimum Gasteiger partial charge on any atom is -0.492 e. The molecule has 1 aliphatic heterocycles. The van der Waals surface area contributed by atoms with Gasteiger partial charge in [0, 0.05) is 24.3 Å². The Morgan fingerprint density at radius 2 is 1.65 bits per heavy atom. The van der Waals surface area contributed by atoms with Crippen LogP contribution in [0.15, 0.2) is 48.7 Å². The molecule has 4 aromatic rings. The highest BCUT2D eigenvalue weighted by Gasteiger charge is 2.25. The number of nitrogens with zero attached hydrogens (tertiary/aromatic N) is 5.